The van der Waals surface area contributed by atoms with E-state index in [2.05, 4.69) is 22.5 Å². The average molecular weight is 417 g/mol. The number of allylic oxidation sites excluding steroid dienone is 1. The molecular weight excluding hydrogens is 400 g/mol. The number of anilines is 1. The zero-order valence-corrected chi connectivity index (χ0v) is 15.4. The number of nitrogens with one attached hydrogen (secondary N) is 1. The highest BCUT2D eigenvalue weighted by Crippen LogP contribution is 2.36. The maximum absolute atomic E-state index is 12.4. The third-order valence-electron chi connectivity index (χ3n) is 3.59. The van der Waals surface area contributed by atoms with Crippen LogP contribution in [-0.4, -0.2) is 31.9 Å². The third kappa shape index (κ3) is 3.96. The quantitative estimate of drug-likeness (QED) is 0.734. The van der Waals surface area contributed by atoms with Crippen molar-refractivity contribution in [3.63, 3.8) is 0 Å². The first-order valence-electron chi connectivity index (χ1n) is 7.14. The molecule has 0 radical (unpaired) electrons. The molecule has 1 aliphatic heterocycles. The smallest absolute Gasteiger partial charge is 0.303 e. The summed E-state index contributed by atoms with van der Waals surface area (Å²) in [6, 6.07) is 3.21. The fraction of sp³-hybridized carbons (Fsp3) is 0.333. The van der Waals surface area contributed by atoms with Crippen LogP contribution < -0.4 is 9.62 Å². The summed E-state index contributed by atoms with van der Waals surface area (Å²) >= 11 is 3.23. The molecule has 7 nitrogen and oxygen atoms in total. The largest absolute Gasteiger partial charge is 0.481 e. The van der Waals surface area contributed by atoms with E-state index in [1.807, 2.05) is 16.5 Å². The minimum Gasteiger partial charge on any atom is -0.481 e. The van der Waals surface area contributed by atoms with Crippen LogP contribution in [0.15, 0.2) is 33.8 Å². The van der Waals surface area contributed by atoms with Gasteiger partial charge in [-0.2, -0.15) is 0 Å². The first kappa shape index (κ1) is 18.5. The molecule has 0 aliphatic carbocycles. The van der Waals surface area contributed by atoms with E-state index < -0.39 is 34.7 Å². The molecule has 0 atom stereocenters. The summed E-state index contributed by atoms with van der Waals surface area (Å²) in [7, 11) is -4.10. The van der Waals surface area contributed by atoms with Crippen molar-refractivity contribution < 1.29 is 23.1 Å². The van der Waals surface area contributed by atoms with Gasteiger partial charge in [-0.25, -0.2) is 13.1 Å². The summed E-state index contributed by atoms with van der Waals surface area (Å²) in [4.78, 5) is 24.0. The summed E-state index contributed by atoms with van der Waals surface area (Å²) in [6.07, 6.45) is -0.0722. The summed E-state index contributed by atoms with van der Waals surface area (Å²) in [5.41, 5.74) is 2.52. The van der Waals surface area contributed by atoms with Gasteiger partial charge in [0.15, 0.2) is 0 Å². The second kappa shape index (κ2) is 6.94. The Balaban J connectivity index is 2.31. The summed E-state index contributed by atoms with van der Waals surface area (Å²) in [5.74, 6) is -2.03. The Kier molecular flexibility index (Phi) is 5.34. The number of halogens is 1. The first-order chi connectivity index (χ1) is 11.1. The van der Waals surface area contributed by atoms with E-state index in [0.29, 0.717) is 11.0 Å². The number of sulfonamides is 1. The molecule has 24 heavy (non-hydrogen) atoms. The fourth-order valence-corrected chi connectivity index (χ4v) is 4.59. The standard InChI is InChI=1S/C15H17BrN2O5S/c1-9(2)18-6-5-10-7-11(16)13(8-12(10)18)24(22,23)17-14(19)3-4-15(20)21/h7-8H,1,3-6H2,2H3,(H,17,19)(H,20,21). The van der Waals surface area contributed by atoms with E-state index in [-0.39, 0.29) is 4.90 Å². The lowest BCUT2D eigenvalue weighted by molar-refractivity contribution is -0.138. The number of carbonyl (C=O) groups is 2. The minimum atomic E-state index is -4.10. The molecule has 1 aromatic carbocycles. The van der Waals surface area contributed by atoms with Gasteiger partial charge < -0.3 is 10.0 Å². The van der Waals surface area contributed by atoms with E-state index in [9.17, 15) is 18.0 Å². The molecular formula is C15H17BrN2O5S. The van der Waals surface area contributed by atoms with Gasteiger partial charge in [-0.15, -0.1) is 0 Å². The van der Waals surface area contributed by atoms with Crippen molar-refractivity contribution in [3.8, 4) is 0 Å². The van der Waals surface area contributed by atoms with Gasteiger partial charge in [-0.3, -0.25) is 9.59 Å². The topological polar surface area (TPSA) is 104 Å². The number of aliphatic carboxylic acids is 1. The highest BCUT2D eigenvalue weighted by atomic mass is 79.9. The van der Waals surface area contributed by atoms with Gasteiger partial charge in [0.1, 0.15) is 4.90 Å². The van der Waals surface area contributed by atoms with Gasteiger partial charge in [0, 0.05) is 28.8 Å². The molecule has 0 aromatic heterocycles. The first-order valence-corrected chi connectivity index (χ1v) is 9.42. The SMILES string of the molecule is C=C(C)N1CCc2cc(Br)c(S(=O)(=O)NC(=O)CCC(=O)O)cc21. The van der Waals surface area contributed by atoms with Crippen LogP contribution in [0.4, 0.5) is 5.69 Å². The van der Waals surface area contributed by atoms with Gasteiger partial charge in [-0.05, 0) is 47.0 Å². The number of carboxylic acids is 1. The van der Waals surface area contributed by atoms with Crippen LogP contribution in [0.2, 0.25) is 0 Å². The zero-order valence-electron chi connectivity index (χ0n) is 13.0. The molecule has 0 saturated heterocycles. The molecule has 0 saturated carbocycles. The molecule has 0 bridgehead atoms. The second-order valence-corrected chi connectivity index (χ2v) is 7.98. The van der Waals surface area contributed by atoms with Gasteiger partial charge >= 0.3 is 5.97 Å². The molecule has 1 aromatic rings. The fourth-order valence-electron chi connectivity index (χ4n) is 2.47. The van der Waals surface area contributed by atoms with E-state index >= 15 is 0 Å². The monoisotopic (exact) mass is 416 g/mol. The van der Waals surface area contributed by atoms with Crippen molar-refractivity contribution in [2.45, 2.75) is 31.1 Å². The van der Waals surface area contributed by atoms with Crippen molar-refractivity contribution in [2.75, 3.05) is 11.4 Å². The van der Waals surface area contributed by atoms with Crippen LogP contribution in [0.3, 0.4) is 0 Å². The number of rotatable bonds is 6. The van der Waals surface area contributed by atoms with E-state index in [4.69, 9.17) is 5.11 Å². The van der Waals surface area contributed by atoms with Crippen LogP contribution in [-0.2, 0) is 26.0 Å². The van der Waals surface area contributed by atoms with Crippen LogP contribution in [0.5, 0.6) is 0 Å². The average Bonchev–Trinajstić information content (AvgIpc) is 2.86. The van der Waals surface area contributed by atoms with Gasteiger partial charge in [0.05, 0.1) is 6.42 Å². The van der Waals surface area contributed by atoms with Crippen LogP contribution in [0, 0.1) is 0 Å². The van der Waals surface area contributed by atoms with Gasteiger partial charge in [0.2, 0.25) is 5.91 Å². The van der Waals surface area contributed by atoms with Crippen LogP contribution >= 0.6 is 15.9 Å². The number of carboxylic acid groups (broad SMARTS) is 1. The molecule has 9 heteroatoms. The number of amides is 1. The maximum atomic E-state index is 12.4. The maximum Gasteiger partial charge on any atom is 0.303 e. The second-order valence-electron chi connectivity index (χ2n) is 5.47. The van der Waals surface area contributed by atoms with Crippen molar-refractivity contribution in [2.24, 2.45) is 0 Å². The van der Waals surface area contributed by atoms with Crippen molar-refractivity contribution >= 4 is 43.5 Å². The predicted octanol–water partition coefficient (Wildman–Crippen LogP) is 2.01. The summed E-state index contributed by atoms with van der Waals surface area (Å²) < 4.78 is 27.1. The lowest BCUT2D eigenvalue weighted by atomic mass is 10.2. The van der Waals surface area contributed by atoms with Crippen molar-refractivity contribution in [1.29, 1.82) is 0 Å². The lowest BCUT2D eigenvalue weighted by Crippen LogP contribution is -2.31. The van der Waals surface area contributed by atoms with Crippen molar-refractivity contribution in [3.05, 3.63) is 34.4 Å². The minimum absolute atomic E-state index is 0.0712. The van der Waals surface area contributed by atoms with Gasteiger partial charge in [0.25, 0.3) is 10.0 Å². The molecule has 1 heterocycles. The van der Waals surface area contributed by atoms with E-state index in [1.54, 1.807) is 6.07 Å². The Morgan fingerprint density at radius 1 is 1.38 bits per heavy atom. The summed E-state index contributed by atoms with van der Waals surface area (Å²) in [5, 5.41) is 8.56. The Morgan fingerprint density at radius 2 is 2.04 bits per heavy atom. The molecule has 1 aliphatic rings. The Morgan fingerprint density at radius 3 is 2.62 bits per heavy atom. The number of fused-ring (bicyclic) bond motifs is 1. The Labute approximate surface area is 148 Å². The Hall–Kier alpha value is -1.87. The van der Waals surface area contributed by atoms with Crippen molar-refractivity contribution in [1.82, 2.24) is 4.72 Å². The Bertz CT molecular complexity index is 819. The number of benzene rings is 1. The number of carbonyl (C=O) groups excluding carboxylic acids is 1. The molecule has 0 unspecified atom stereocenters. The highest BCUT2D eigenvalue weighted by molar-refractivity contribution is 9.10. The predicted molar refractivity (Wildman–Crippen MR) is 92.2 cm³/mol. The molecule has 2 N–H and O–H groups in total. The number of hydrogen-bond donors (Lipinski definition) is 2. The summed E-state index contributed by atoms with van der Waals surface area (Å²) in [6.45, 7) is 6.43. The van der Waals surface area contributed by atoms with E-state index in [0.717, 1.165) is 23.4 Å². The zero-order chi connectivity index (χ0) is 18.1. The molecule has 0 spiro atoms. The van der Waals surface area contributed by atoms with Crippen LogP contribution in [0.1, 0.15) is 25.3 Å². The third-order valence-corrected chi connectivity index (χ3v) is 5.92. The lowest BCUT2D eigenvalue weighted by Gasteiger charge is -2.20. The molecule has 0 fully saturated rings. The highest BCUT2D eigenvalue weighted by Gasteiger charge is 2.27. The normalized spacial score (nSPS) is 13.5. The van der Waals surface area contributed by atoms with Crippen LogP contribution in [0.25, 0.3) is 0 Å². The number of hydrogen-bond acceptors (Lipinski definition) is 5. The molecule has 130 valence electrons. The van der Waals surface area contributed by atoms with Gasteiger partial charge in [-0.1, -0.05) is 6.58 Å². The molecule has 1 amide bonds. The number of nitrogens with zero attached hydrogens (tertiary/aromatic N) is 1. The van der Waals surface area contributed by atoms with E-state index in [1.165, 1.54) is 6.07 Å². The molecule has 2 rings (SSSR count).